The van der Waals surface area contributed by atoms with E-state index in [0.29, 0.717) is 5.92 Å². The third kappa shape index (κ3) is 3.51. The van der Waals surface area contributed by atoms with Crippen LogP contribution < -0.4 is 5.32 Å². The summed E-state index contributed by atoms with van der Waals surface area (Å²) in [5, 5.41) is 12.3. The summed E-state index contributed by atoms with van der Waals surface area (Å²) in [5.41, 5.74) is 1.66. The van der Waals surface area contributed by atoms with Crippen LogP contribution in [0.15, 0.2) is 24.3 Å². The monoisotopic (exact) mass is 276 g/mol. The van der Waals surface area contributed by atoms with Gasteiger partial charge in [-0.1, -0.05) is 12.1 Å². The van der Waals surface area contributed by atoms with E-state index in [9.17, 15) is 4.79 Å². The highest BCUT2D eigenvalue weighted by molar-refractivity contribution is 5.99. The molecule has 0 spiro atoms. The zero-order valence-corrected chi connectivity index (χ0v) is 12.1. The van der Waals surface area contributed by atoms with Gasteiger partial charge in [0, 0.05) is 31.9 Å². The van der Waals surface area contributed by atoms with Crippen LogP contribution in [-0.2, 0) is 0 Å². The maximum Gasteiger partial charge on any atom is 0.255 e. The number of nitrogens with zero attached hydrogens (tertiary/aromatic N) is 1. The third-order valence-electron chi connectivity index (χ3n) is 3.87. The zero-order chi connectivity index (χ0) is 14.4. The Morgan fingerprint density at radius 3 is 3.00 bits per heavy atom. The molecule has 1 unspecified atom stereocenters. The van der Waals surface area contributed by atoms with Crippen molar-refractivity contribution in [1.29, 1.82) is 0 Å². The fourth-order valence-corrected chi connectivity index (χ4v) is 2.85. The van der Waals surface area contributed by atoms with Gasteiger partial charge in [-0.2, -0.15) is 0 Å². The highest BCUT2D eigenvalue weighted by Crippen LogP contribution is 2.23. The minimum Gasteiger partial charge on any atom is -0.396 e. The SMILES string of the molecule is CCNc1ccccc1C(=O)N1CCCC(CCO)C1. The van der Waals surface area contributed by atoms with E-state index in [4.69, 9.17) is 5.11 Å². The first-order valence-corrected chi connectivity index (χ1v) is 7.49. The predicted molar refractivity (Wildman–Crippen MR) is 80.9 cm³/mol. The second-order valence-corrected chi connectivity index (χ2v) is 5.35. The Morgan fingerprint density at radius 1 is 1.45 bits per heavy atom. The number of hydrogen-bond donors (Lipinski definition) is 2. The second kappa shape index (κ2) is 7.29. The van der Waals surface area contributed by atoms with Gasteiger partial charge in [0.15, 0.2) is 0 Å². The lowest BCUT2D eigenvalue weighted by molar-refractivity contribution is 0.0654. The summed E-state index contributed by atoms with van der Waals surface area (Å²) < 4.78 is 0. The summed E-state index contributed by atoms with van der Waals surface area (Å²) >= 11 is 0. The molecule has 110 valence electrons. The van der Waals surface area contributed by atoms with Gasteiger partial charge in [0.2, 0.25) is 0 Å². The van der Waals surface area contributed by atoms with E-state index in [-0.39, 0.29) is 12.5 Å². The van der Waals surface area contributed by atoms with Crippen LogP contribution in [0.4, 0.5) is 5.69 Å². The number of anilines is 1. The Balaban J connectivity index is 2.10. The molecule has 1 aliphatic rings. The number of rotatable bonds is 5. The maximum atomic E-state index is 12.7. The number of likely N-dealkylation sites (tertiary alicyclic amines) is 1. The molecule has 2 rings (SSSR count). The van der Waals surface area contributed by atoms with Crippen LogP contribution in [0.1, 0.15) is 36.5 Å². The summed E-state index contributed by atoms with van der Waals surface area (Å²) in [7, 11) is 0. The molecular weight excluding hydrogens is 252 g/mol. The topological polar surface area (TPSA) is 52.6 Å². The Hall–Kier alpha value is -1.55. The molecule has 1 atom stereocenters. The van der Waals surface area contributed by atoms with Crippen molar-refractivity contribution >= 4 is 11.6 Å². The van der Waals surface area contributed by atoms with Crippen molar-refractivity contribution in [1.82, 2.24) is 4.90 Å². The van der Waals surface area contributed by atoms with Crippen molar-refractivity contribution in [3.63, 3.8) is 0 Å². The lowest BCUT2D eigenvalue weighted by Crippen LogP contribution is -2.40. The number of piperidine rings is 1. The minimum atomic E-state index is 0.101. The summed E-state index contributed by atoms with van der Waals surface area (Å²) in [6.07, 6.45) is 2.93. The average molecular weight is 276 g/mol. The molecule has 1 heterocycles. The molecule has 0 saturated carbocycles. The van der Waals surface area contributed by atoms with Gasteiger partial charge in [0.05, 0.1) is 5.56 Å². The van der Waals surface area contributed by atoms with Crippen LogP contribution in [0.2, 0.25) is 0 Å². The molecule has 1 saturated heterocycles. The lowest BCUT2D eigenvalue weighted by atomic mass is 9.94. The first kappa shape index (κ1) is 14.9. The van der Waals surface area contributed by atoms with Crippen molar-refractivity contribution in [3.05, 3.63) is 29.8 Å². The molecule has 0 aliphatic carbocycles. The maximum absolute atomic E-state index is 12.7. The van der Waals surface area contributed by atoms with Crippen molar-refractivity contribution in [3.8, 4) is 0 Å². The molecule has 20 heavy (non-hydrogen) atoms. The number of aliphatic hydroxyl groups is 1. The predicted octanol–water partition coefficient (Wildman–Crippen LogP) is 2.35. The molecular formula is C16H24N2O2. The van der Waals surface area contributed by atoms with E-state index < -0.39 is 0 Å². The van der Waals surface area contributed by atoms with E-state index in [1.807, 2.05) is 36.1 Å². The van der Waals surface area contributed by atoms with Gasteiger partial charge in [0.25, 0.3) is 5.91 Å². The molecule has 1 fully saturated rings. The molecule has 4 heteroatoms. The number of benzene rings is 1. The van der Waals surface area contributed by atoms with Crippen molar-refractivity contribution in [2.75, 3.05) is 31.6 Å². The number of aliphatic hydroxyl groups excluding tert-OH is 1. The minimum absolute atomic E-state index is 0.101. The molecule has 4 nitrogen and oxygen atoms in total. The Kier molecular flexibility index (Phi) is 5.41. The molecule has 1 amide bonds. The number of carbonyl (C=O) groups is 1. The van der Waals surface area contributed by atoms with Gasteiger partial charge >= 0.3 is 0 Å². The van der Waals surface area contributed by atoms with Crippen LogP contribution in [-0.4, -0.2) is 42.2 Å². The van der Waals surface area contributed by atoms with Gasteiger partial charge in [-0.05, 0) is 44.2 Å². The van der Waals surface area contributed by atoms with Crippen LogP contribution in [0.3, 0.4) is 0 Å². The summed E-state index contributed by atoms with van der Waals surface area (Å²) in [5.74, 6) is 0.535. The smallest absolute Gasteiger partial charge is 0.255 e. The van der Waals surface area contributed by atoms with E-state index in [1.165, 1.54) is 0 Å². The number of para-hydroxylation sites is 1. The lowest BCUT2D eigenvalue weighted by Gasteiger charge is -2.33. The van der Waals surface area contributed by atoms with Gasteiger partial charge in [-0.15, -0.1) is 0 Å². The normalized spacial score (nSPS) is 18.9. The quantitative estimate of drug-likeness (QED) is 0.868. The van der Waals surface area contributed by atoms with Gasteiger partial charge in [-0.3, -0.25) is 4.79 Å². The van der Waals surface area contributed by atoms with Crippen LogP contribution in [0, 0.1) is 5.92 Å². The highest BCUT2D eigenvalue weighted by Gasteiger charge is 2.25. The number of amides is 1. The standard InChI is InChI=1S/C16H24N2O2/c1-2-17-15-8-4-3-7-14(15)16(20)18-10-5-6-13(12-18)9-11-19/h3-4,7-8,13,17,19H,2,5-6,9-12H2,1H3. The van der Waals surface area contributed by atoms with Gasteiger partial charge < -0.3 is 15.3 Å². The van der Waals surface area contributed by atoms with E-state index in [2.05, 4.69) is 5.32 Å². The van der Waals surface area contributed by atoms with Crippen LogP contribution in [0.25, 0.3) is 0 Å². The van der Waals surface area contributed by atoms with Crippen molar-refractivity contribution < 1.29 is 9.90 Å². The van der Waals surface area contributed by atoms with Gasteiger partial charge in [-0.25, -0.2) is 0 Å². The van der Waals surface area contributed by atoms with Crippen LogP contribution >= 0.6 is 0 Å². The summed E-state index contributed by atoms with van der Waals surface area (Å²) in [6, 6.07) is 7.69. The molecule has 0 radical (unpaired) electrons. The van der Waals surface area contributed by atoms with E-state index in [1.54, 1.807) is 0 Å². The van der Waals surface area contributed by atoms with Gasteiger partial charge in [0.1, 0.15) is 0 Å². The van der Waals surface area contributed by atoms with Crippen LogP contribution in [0.5, 0.6) is 0 Å². The number of nitrogens with one attached hydrogen (secondary N) is 1. The van der Waals surface area contributed by atoms with E-state index >= 15 is 0 Å². The Labute approximate surface area is 120 Å². The highest BCUT2D eigenvalue weighted by atomic mass is 16.3. The molecule has 0 bridgehead atoms. The number of carbonyl (C=O) groups excluding carboxylic acids is 1. The Morgan fingerprint density at radius 2 is 2.25 bits per heavy atom. The van der Waals surface area contributed by atoms with Crippen molar-refractivity contribution in [2.45, 2.75) is 26.2 Å². The second-order valence-electron chi connectivity index (χ2n) is 5.35. The largest absolute Gasteiger partial charge is 0.396 e. The van der Waals surface area contributed by atoms with Crippen molar-refractivity contribution in [2.24, 2.45) is 5.92 Å². The molecule has 1 aromatic rings. The molecule has 1 aliphatic heterocycles. The molecule has 0 aromatic heterocycles. The first-order valence-electron chi connectivity index (χ1n) is 7.49. The Bertz CT molecular complexity index is 446. The number of hydrogen-bond acceptors (Lipinski definition) is 3. The summed E-state index contributed by atoms with van der Waals surface area (Å²) in [4.78, 5) is 14.6. The first-order chi connectivity index (χ1) is 9.76. The van der Waals surface area contributed by atoms with E-state index in [0.717, 1.165) is 50.1 Å². The molecule has 2 N–H and O–H groups in total. The third-order valence-corrected chi connectivity index (χ3v) is 3.87. The zero-order valence-electron chi connectivity index (χ0n) is 12.1. The summed E-state index contributed by atoms with van der Waals surface area (Å²) in [6.45, 7) is 4.62. The fraction of sp³-hybridized carbons (Fsp3) is 0.562. The fourth-order valence-electron chi connectivity index (χ4n) is 2.85. The average Bonchev–Trinajstić information content (AvgIpc) is 2.48. The molecule has 1 aromatic carbocycles.